The summed E-state index contributed by atoms with van der Waals surface area (Å²) in [5.41, 5.74) is -0.124. The van der Waals surface area contributed by atoms with Crippen LogP contribution in [0.5, 0.6) is 0 Å². The molecule has 0 unspecified atom stereocenters. The Morgan fingerprint density at radius 2 is 2.17 bits per heavy atom. The molecule has 0 bridgehead atoms. The van der Waals surface area contributed by atoms with Gasteiger partial charge in [-0.3, -0.25) is 9.78 Å². The maximum Gasteiger partial charge on any atom is 0.262 e. The molecule has 3 aromatic heterocycles. The quantitative estimate of drug-likeness (QED) is 0.673. The van der Waals surface area contributed by atoms with Crippen molar-refractivity contribution in [2.24, 2.45) is 0 Å². The molecule has 3 rings (SSSR count). The Bertz CT molecular complexity index is 779. The molecule has 0 spiro atoms. The van der Waals surface area contributed by atoms with Gasteiger partial charge in [0.05, 0.1) is 12.4 Å². The standard InChI is InChI=1S/C10H5ClFN5O/c11-10-15-8-6(9(18)16-10)4-14-17(8)7-2-1-5(12)3-13-7/h1-4H,(H,15,16,18). The lowest BCUT2D eigenvalue weighted by Crippen LogP contribution is -2.08. The fourth-order valence-corrected chi connectivity index (χ4v) is 1.72. The van der Waals surface area contributed by atoms with E-state index in [1.54, 1.807) is 0 Å². The van der Waals surface area contributed by atoms with Crippen molar-refractivity contribution in [1.29, 1.82) is 0 Å². The first-order valence-electron chi connectivity index (χ1n) is 4.90. The molecule has 3 heterocycles. The van der Waals surface area contributed by atoms with Crippen LogP contribution in [0.1, 0.15) is 0 Å². The number of H-pyrrole nitrogens is 1. The molecule has 0 fully saturated rings. The summed E-state index contributed by atoms with van der Waals surface area (Å²) < 4.78 is 14.1. The van der Waals surface area contributed by atoms with Crippen LogP contribution < -0.4 is 5.56 Å². The molecule has 0 atom stereocenters. The highest BCUT2D eigenvalue weighted by molar-refractivity contribution is 6.28. The lowest BCUT2D eigenvalue weighted by molar-refractivity contribution is 0.619. The fraction of sp³-hybridized carbons (Fsp3) is 0. The highest BCUT2D eigenvalue weighted by Gasteiger charge is 2.11. The Kier molecular flexibility index (Phi) is 2.34. The number of nitrogens with one attached hydrogen (secondary N) is 1. The Morgan fingerprint density at radius 3 is 2.89 bits per heavy atom. The molecule has 0 radical (unpaired) electrons. The average Bonchev–Trinajstić information content (AvgIpc) is 2.74. The van der Waals surface area contributed by atoms with E-state index >= 15 is 0 Å². The van der Waals surface area contributed by atoms with Crippen LogP contribution in [0.15, 0.2) is 29.3 Å². The van der Waals surface area contributed by atoms with Gasteiger partial charge in [-0.2, -0.15) is 14.8 Å². The number of rotatable bonds is 1. The summed E-state index contributed by atoms with van der Waals surface area (Å²) in [5, 5.41) is 4.23. The summed E-state index contributed by atoms with van der Waals surface area (Å²) in [6.07, 6.45) is 2.40. The zero-order chi connectivity index (χ0) is 12.7. The number of hydrogen-bond donors (Lipinski definition) is 1. The molecule has 0 saturated carbocycles. The molecule has 18 heavy (non-hydrogen) atoms. The van der Waals surface area contributed by atoms with E-state index in [0.29, 0.717) is 5.82 Å². The van der Waals surface area contributed by atoms with E-state index in [2.05, 4.69) is 20.1 Å². The third kappa shape index (κ3) is 1.65. The monoisotopic (exact) mass is 265 g/mol. The van der Waals surface area contributed by atoms with E-state index in [1.807, 2.05) is 0 Å². The second-order valence-corrected chi connectivity index (χ2v) is 3.84. The van der Waals surface area contributed by atoms with Gasteiger partial charge in [-0.05, 0) is 23.7 Å². The normalized spacial score (nSPS) is 11.0. The minimum atomic E-state index is -0.459. The van der Waals surface area contributed by atoms with Crippen LogP contribution in [-0.4, -0.2) is 24.7 Å². The second kappa shape index (κ2) is 3.88. The maximum absolute atomic E-state index is 12.8. The lowest BCUT2D eigenvalue weighted by Gasteiger charge is -2.01. The van der Waals surface area contributed by atoms with Crippen LogP contribution in [0.4, 0.5) is 4.39 Å². The van der Waals surface area contributed by atoms with Crippen molar-refractivity contribution in [2.45, 2.75) is 0 Å². The number of halogens is 2. The van der Waals surface area contributed by atoms with Gasteiger partial charge in [-0.15, -0.1) is 0 Å². The molecule has 1 N–H and O–H groups in total. The van der Waals surface area contributed by atoms with Gasteiger partial charge in [0, 0.05) is 0 Å². The predicted molar refractivity (Wildman–Crippen MR) is 62.2 cm³/mol. The van der Waals surface area contributed by atoms with Crippen LogP contribution in [-0.2, 0) is 0 Å². The van der Waals surface area contributed by atoms with Gasteiger partial charge in [0.25, 0.3) is 5.56 Å². The number of hydrogen-bond acceptors (Lipinski definition) is 4. The summed E-state index contributed by atoms with van der Waals surface area (Å²) in [4.78, 5) is 21.8. The summed E-state index contributed by atoms with van der Waals surface area (Å²) in [5.74, 6) is -0.111. The van der Waals surface area contributed by atoms with Crippen molar-refractivity contribution >= 4 is 22.6 Å². The molecular formula is C10H5ClFN5O. The molecule has 0 saturated heterocycles. The Balaban J connectivity index is 2.30. The SMILES string of the molecule is O=c1[nH]c(Cl)nc2c1cnn2-c1ccc(F)cn1. The van der Waals surface area contributed by atoms with Crippen molar-refractivity contribution in [1.82, 2.24) is 24.7 Å². The van der Waals surface area contributed by atoms with Crippen LogP contribution in [0, 0.1) is 5.82 Å². The van der Waals surface area contributed by atoms with Gasteiger partial charge in [0.2, 0.25) is 5.28 Å². The maximum atomic E-state index is 12.8. The molecule has 0 amide bonds. The Labute approximate surface area is 104 Å². The van der Waals surface area contributed by atoms with Crippen LogP contribution in [0.2, 0.25) is 5.28 Å². The lowest BCUT2D eigenvalue weighted by atomic mass is 10.4. The molecular weight excluding hydrogens is 261 g/mol. The minimum absolute atomic E-state index is 0.0450. The zero-order valence-electron chi connectivity index (χ0n) is 8.76. The highest BCUT2D eigenvalue weighted by atomic mass is 35.5. The first-order chi connectivity index (χ1) is 8.65. The average molecular weight is 266 g/mol. The van der Waals surface area contributed by atoms with Crippen molar-refractivity contribution < 1.29 is 4.39 Å². The molecule has 8 heteroatoms. The fourth-order valence-electron chi connectivity index (χ4n) is 1.55. The smallest absolute Gasteiger partial charge is 0.262 e. The number of nitrogens with zero attached hydrogens (tertiary/aromatic N) is 4. The van der Waals surface area contributed by atoms with E-state index in [-0.39, 0.29) is 16.3 Å². The van der Waals surface area contributed by atoms with Crippen molar-refractivity contribution in [3.8, 4) is 5.82 Å². The van der Waals surface area contributed by atoms with E-state index < -0.39 is 11.4 Å². The van der Waals surface area contributed by atoms with Crippen molar-refractivity contribution in [3.63, 3.8) is 0 Å². The minimum Gasteiger partial charge on any atom is -0.296 e. The van der Waals surface area contributed by atoms with Gasteiger partial charge in [0.15, 0.2) is 11.5 Å². The van der Waals surface area contributed by atoms with Crippen molar-refractivity contribution in [3.05, 3.63) is 46.0 Å². The summed E-state index contributed by atoms with van der Waals surface area (Å²) in [7, 11) is 0. The molecule has 0 aliphatic heterocycles. The third-order valence-electron chi connectivity index (χ3n) is 2.34. The number of aromatic amines is 1. The van der Waals surface area contributed by atoms with E-state index in [1.165, 1.54) is 23.0 Å². The van der Waals surface area contributed by atoms with Crippen LogP contribution in [0.3, 0.4) is 0 Å². The largest absolute Gasteiger partial charge is 0.296 e. The molecule has 0 aliphatic carbocycles. The Morgan fingerprint density at radius 1 is 1.33 bits per heavy atom. The number of fused-ring (bicyclic) bond motifs is 1. The predicted octanol–water partition coefficient (Wildman–Crippen LogP) is 1.30. The number of aromatic nitrogens is 5. The number of pyridine rings is 1. The van der Waals surface area contributed by atoms with E-state index in [9.17, 15) is 9.18 Å². The summed E-state index contributed by atoms with van der Waals surface area (Å²) >= 11 is 5.68. The van der Waals surface area contributed by atoms with E-state index in [4.69, 9.17) is 11.6 Å². The second-order valence-electron chi connectivity index (χ2n) is 3.49. The van der Waals surface area contributed by atoms with Crippen LogP contribution >= 0.6 is 11.6 Å². The molecule has 6 nitrogen and oxygen atoms in total. The first-order valence-corrected chi connectivity index (χ1v) is 5.28. The van der Waals surface area contributed by atoms with Gasteiger partial charge in [0.1, 0.15) is 11.2 Å². The van der Waals surface area contributed by atoms with Gasteiger partial charge in [-0.25, -0.2) is 9.37 Å². The van der Waals surface area contributed by atoms with Crippen LogP contribution in [0.25, 0.3) is 16.9 Å². The van der Waals surface area contributed by atoms with Gasteiger partial charge >= 0.3 is 0 Å². The molecule has 0 aliphatic rings. The first kappa shape index (κ1) is 10.8. The summed E-state index contributed by atoms with van der Waals surface area (Å²) in [6, 6.07) is 2.67. The highest BCUT2D eigenvalue weighted by Crippen LogP contribution is 2.13. The molecule has 0 aromatic carbocycles. The Hall–Kier alpha value is -2.28. The van der Waals surface area contributed by atoms with E-state index in [0.717, 1.165) is 6.20 Å². The molecule has 90 valence electrons. The third-order valence-corrected chi connectivity index (χ3v) is 2.52. The van der Waals surface area contributed by atoms with Gasteiger partial charge in [-0.1, -0.05) is 0 Å². The summed E-state index contributed by atoms with van der Waals surface area (Å²) in [6.45, 7) is 0. The van der Waals surface area contributed by atoms with Crippen molar-refractivity contribution in [2.75, 3.05) is 0 Å². The molecule has 3 aromatic rings. The van der Waals surface area contributed by atoms with Gasteiger partial charge < -0.3 is 0 Å². The topological polar surface area (TPSA) is 76.5 Å². The zero-order valence-corrected chi connectivity index (χ0v) is 9.52.